The summed E-state index contributed by atoms with van der Waals surface area (Å²) in [5, 5.41) is 10.9. The number of ketones is 2. The van der Waals surface area contributed by atoms with Crippen molar-refractivity contribution in [2.75, 3.05) is 0 Å². The molecular weight excluding hydrogens is 246 g/mol. The van der Waals surface area contributed by atoms with Gasteiger partial charge in [0.15, 0.2) is 17.5 Å². The summed E-state index contributed by atoms with van der Waals surface area (Å²) in [6.45, 7) is 0. The molecule has 0 aliphatic heterocycles. The smallest absolute Gasteiger partial charge is 0.197 e. The SMILES string of the molecule is N#C[C@@H](C(=O)c1cccs1)C(=O)C1CCCCC1. The van der Waals surface area contributed by atoms with Crippen molar-refractivity contribution in [1.29, 1.82) is 5.26 Å². The van der Waals surface area contributed by atoms with E-state index in [2.05, 4.69) is 0 Å². The van der Waals surface area contributed by atoms with Crippen LogP contribution in [0.25, 0.3) is 0 Å². The third-order valence-corrected chi connectivity index (χ3v) is 4.33. The molecule has 0 unspecified atom stereocenters. The van der Waals surface area contributed by atoms with Crippen LogP contribution < -0.4 is 0 Å². The number of carbonyl (C=O) groups is 2. The normalized spacial score (nSPS) is 17.9. The van der Waals surface area contributed by atoms with Gasteiger partial charge in [0.05, 0.1) is 10.9 Å². The number of rotatable bonds is 4. The summed E-state index contributed by atoms with van der Waals surface area (Å²) in [5.74, 6) is -1.70. The first-order valence-electron chi connectivity index (χ1n) is 6.25. The monoisotopic (exact) mass is 261 g/mol. The topological polar surface area (TPSA) is 57.9 Å². The highest BCUT2D eigenvalue weighted by Crippen LogP contribution is 2.28. The number of carbonyl (C=O) groups excluding carboxylic acids is 2. The Bertz CT molecular complexity index is 466. The minimum atomic E-state index is -1.10. The molecule has 0 saturated heterocycles. The van der Waals surface area contributed by atoms with E-state index in [0.29, 0.717) is 4.88 Å². The molecule has 3 nitrogen and oxygen atoms in total. The van der Waals surface area contributed by atoms with E-state index in [9.17, 15) is 9.59 Å². The van der Waals surface area contributed by atoms with Gasteiger partial charge in [0.25, 0.3) is 0 Å². The summed E-state index contributed by atoms with van der Waals surface area (Å²) in [5.41, 5.74) is 0. The molecule has 0 amide bonds. The van der Waals surface area contributed by atoms with Crippen LogP contribution in [0.1, 0.15) is 41.8 Å². The van der Waals surface area contributed by atoms with Gasteiger partial charge < -0.3 is 0 Å². The maximum atomic E-state index is 12.2. The number of thiophene rings is 1. The first-order chi connectivity index (χ1) is 8.74. The fourth-order valence-electron chi connectivity index (χ4n) is 2.44. The Morgan fingerprint density at radius 2 is 2.06 bits per heavy atom. The van der Waals surface area contributed by atoms with Crippen LogP contribution in [0.15, 0.2) is 17.5 Å². The van der Waals surface area contributed by atoms with E-state index in [4.69, 9.17) is 5.26 Å². The Labute approximate surface area is 110 Å². The highest BCUT2D eigenvalue weighted by atomic mass is 32.1. The quantitative estimate of drug-likeness (QED) is 0.617. The first-order valence-corrected chi connectivity index (χ1v) is 7.13. The predicted octanol–water partition coefficient (Wildman–Crippen LogP) is 3.22. The average molecular weight is 261 g/mol. The molecule has 0 N–H and O–H groups in total. The third kappa shape index (κ3) is 2.68. The Morgan fingerprint density at radius 3 is 2.61 bits per heavy atom. The van der Waals surface area contributed by atoms with E-state index in [1.807, 2.05) is 6.07 Å². The molecule has 94 valence electrons. The van der Waals surface area contributed by atoms with E-state index < -0.39 is 5.92 Å². The van der Waals surface area contributed by atoms with Gasteiger partial charge in [-0.25, -0.2) is 0 Å². The minimum Gasteiger partial charge on any atom is -0.297 e. The van der Waals surface area contributed by atoms with Gasteiger partial charge in [-0.1, -0.05) is 25.3 Å². The second-order valence-corrected chi connectivity index (χ2v) is 5.59. The Hall–Kier alpha value is -1.47. The summed E-state index contributed by atoms with van der Waals surface area (Å²) in [4.78, 5) is 24.8. The van der Waals surface area contributed by atoms with Crippen molar-refractivity contribution in [2.24, 2.45) is 11.8 Å². The van der Waals surface area contributed by atoms with E-state index in [-0.39, 0.29) is 17.5 Å². The minimum absolute atomic E-state index is 0.0905. The Morgan fingerprint density at radius 1 is 1.33 bits per heavy atom. The molecule has 1 heterocycles. The molecule has 1 aliphatic rings. The first kappa shape index (κ1) is 13.0. The summed E-state index contributed by atoms with van der Waals surface area (Å²) >= 11 is 1.29. The lowest BCUT2D eigenvalue weighted by Gasteiger charge is -2.21. The van der Waals surface area contributed by atoms with Gasteiger partial charge in [0, 0.05) is 5.92 Å². The molecule has 0 radical (unpaired) electrons. The van der Waals surface area contributed by atoms with Crippen LogP contribution in [0.3, 0.4) is 0 Å². The summed E-state index contributed by atoms with van der Waals surface area (Å²) in [6.07, 6.45) is 4.87. The molecule has 1 aromatic heterocycles. The zero-order chi connectivity index (χ0) is 13.0. The second kappa shape index (κ2) is 5.92. The fourth-order valence-corrected chi connectivity index (χ4v) is 3.13. The number of nitriles is 1. The fraction of sp³-hybridized carbons (Fsp3) is 0.500. The molecule has 18 heavy (non-hydrogen) atoms. The van der Waals surface area contributed by atoms with Crippen molar-refractivity contribution in [1.82, 2.24) is 0 Å². The molecule has 1 fully saturated rings. The van der Waals surface area contributed by atoms with Crippen LogP contribution in [0.2, 0.25) is 0 Å². The van der Waals surface area contributed by atoms with E-state index in [0.717, 1.165) is 32.1 Å². The molecule has 0 spiro atoms. The van der Waals surface area contributed by atoms with Crippen molar-refractivity contribution in [2.45, 2.75) is 32.1 Å². The van der Waals surface area contributed by atoms with Gasteiger partial charge >= 0.3 is 0 Å². The molecule has 4 heteroatoms. The number of hydrogen-bond donors (Lipinski definition) is 0. The lowest BCUT2D eigenvalue weighted by atomic mass is 9.80. The lowest BCUT2D eigenvalue weighted by Crippen LogP contribution is -2.29. The van der Waals surface area contributed by atoms with Crippen molar-refractivity contribution >= 4 is 22.9 Å². The standard InChI is InChI=1S/C14H15NO2S/c15-9-11(14(17)12-7-4-8-18-12)13(16)10-5-2-1-3-6-10/h4,7-8,10-11H,1-3,5-6H2/t11-/m1/s1. The van der Waals surface area contributed by atoms with Gasteiger partial charge in [-0.15, -0.1) is 11.3 Å². The number of Topliss-reactive ketones (excluding diaryl/α,β-unsaturated/α-hetero) is 2. The molecular formula is C14H15NO2S. The van der Waals surface area contributed by atoms with Crippen LogP contribution in [-0.2, 0) is 4.79 Å². The molecule has 1 aromatic rings. The highest BCUT2D eigenvalue weighted by Gasteiger charge is 2.33. The van der Waals surface area contributed by atoms with Gasteiger partial charge in [-0.3, -0.25) is 9.59 Å². The largest absolute Gasteiger partial charge is 0.297 e. The average Bonchev–Trinajstić information content (AvgIpc) is 2.94. The summed E-state index contributed by atoms with van der Waals surface area (Å²) in [6, 6.07) is 5.33. The Balaban J connectivity index is 2.11. The van der Waals surface area contributed by atoms with Crippen LogP contribution in [0, 0.1) is 23.2 Å². The second-order valence-electron chi connectivity index (χ2n) is 4.64. The number of nitrogens with zero attached hydrogens (tertiary/aromatic N) is 1. The lowest BCUT2D eigenvalue weighted by molar-refractivity contribution is -0.124. The van der Waals surface area contributed by atoms with Crippen molar-refractivity contribution in [3.63, 3.8) is 0 Å². The Kier molecular flexibility index (Phi) is 4.27. The maximum Gasteiger partial charge on any atom is 0.197 e. The maximum absolute atomic E-state index is 12.2. The molecule has 1 atom stereocenters. The summed E-state index contributed by atoms with van der Waals surface area (Å²) in [7, 11) is 0. The van der Waals surface area contributed by atoms with Crippen molar-refractivity contribution in [3.8, 4) is 6.07 Å². The van der Waals surface area contributed by atoms with Gasteiger partial charge in [0.1, 0.15) is 0 Å². The van der Waals surface area contributed by atoms with E-state index in [1.54, 1.807) is 17.5 Å². The van der Waals surface area contributed by atoms with E-state index in [1.165, 1.54) is 11.3 Å². The van der Waals surface area contributed by atoms with Gasteiger partial charge in [-0.2, -0.15) is 5.26 Å². The predicted molar refractivity (Wildman–Crippen MR) is 69.3 cm³/mol. The van der Waals surface area contributed by atoms with Crippen LogP contribution in [0.4, 0.5) is 0 Å². The van der Waals surface area contributed by atoms with Crippen LogP contribution in [-0.4, -0.2) is 11.6 Å². The third-order valence-electron chi connectivity index (χ3n) is 3.45. The zero-order valence-corrected chi connectivity index (χ0v) is 10.9. The molecule has 0 bridgehead atoms. The van der Waals surface area contributed by atoms with Gasteiger partial charge in [-0.05, 0) is 24.3 Å². The van der Waals surface area contributed by atoms with E-state index >= 15 is 0 Å². The molecule has 1 saturated carbocycles. The van der Waals surface area contributed by atoms with Crippen molar-refractivity contribution in [3.05, 3.63) is 22.4 Å². The van der Waals surface area contributed by atoms with Crippen LogP contribution in [0.5, 0.6) is 0 Å². The molecule has 2 rings (SSSR count). The zero-order valence-electron chi connectivity index (χ0n) is 10.1. The van der Waals surface area contributed by atoms with Crippen molar-refractivity contribution < 1.29 is 9.59 Å². The van der Waals surface area contributed by atoms with Crippen LogP contribution >= 0.6 is 11.3 Å². The molecule has 1 aliphatic carbocycles. The number of hydrogen-bond acceptors (Lipinski definition) is 4. The summed E-state index contributed by atoms with van der Waals surface area (Å²) < 4.78 is 0. The molecule has 0 aromatic carbocycles. The highest BCUT2D eigenvalue weighted by molar-refractivity contribution is 7.12. The van der Waals surface area contributed by atoms with Gasteiger partial charge in [0.2, 0.25) is 0 Å².